The number of allylic oxidation sites excluding steroid dienone is 2. The third kappa shape index (κ3) is 4.11. The number of nitrogens with zero attached hydrogens (tertiary/aromatic N) is 2. The summed E-state index contributed by atoms with van der Waals surface area (Å²) < 4.78 is 0. The second-order valence-electron chi connectivity index (χ2n) is 11.1. The number of amides is 1. The van der Waals surface area contributed by atoms with Crippen LogP contribution in [0.4, 0.5) is 0 Å². The van der Waals surface area contributed by atoms with Crippen LogP contribution in [-0.4, -0.2) is 34.4 Å². The van der Waals surface area contributed by atoms with Gasteiger partial charge in [-0.1, -0.05) is 30.6 Å². The van der Waals surface area contributed by atoms with Crippen LogP contribution in [0.5, 0.6) is 0 Å². The van der Waals surface area contributed by atoms with Crippen molar-refractivity contribution in [3.05, 3.63) is 41.7 Å². The summed E-state index contributed by atoms with van der Waals surface area (Å²) in [6, 6.07) is 3.78. The zero-order valence-electron chi connectivity index (χ0n) is 19.9. The summed E-state index contributed by atoms with van der Waals surface area (Å²) in [5.74, 6) is 1.94. The summed E-state index contributed by atoms with van der Waals surface area (Å²) in [5.41, 5.74) is 3.79. The molecule has 3 saturated carbocycles. The summed E-state index contributed by atoms with van der Waals surface area (Å²) >= 11 is 0. The Kier molecular flexibility index (Phi) is 6.06. The van der Waals surface area contributed by atoms with E-state index >= 15 is 0 Å². The van der Waals surface area contributed by atoms with E-state index in [1.807, 2.05) is 12.1 Å². The lowest BCUT2D eigenvalue weighted by Gasteiger charge is -2.57. The minimum absolute atomic E-state index is 0.0719. The van der Waals surface area contributed by atoms with Crippen LogP contribution in [0.3, 0.4) is 0 Å². The number of aromatic nitrogens is 1. The Morgan fingerprint density at radius 2 is 2.09 bits per heavy atom. The van der Waals surface area contributed by atoms with Crippen molar-refractivity contribution in [1.29, 1.82) is 0 Å². The highest BCUT2D eigenvalue weighted by Gasteiger charge is 2.58. The van der Waals surface area contributed by atoms with Crippen LogP contribution in [0.2, 0.25) is 0 Å². The van der Waals surface area contributed by atoms with Crippen molar-refractivity contribution >= 4 is 11.6 Å². The first kappa shape index (κ1) is 22.6. The van der Waals surface area contributed by atoms with Gasteiger partial charge in [0.05, 0.1) is 11.8 Å². The number of carbonyl (C=O) groups is 1. The van der Waals surface area contributed by atoms with E-state index < -0.39 is 0 Å². The fraction of sp³-hybridized carbons (Fsp3) is 0.667. The Hall–Kier alpha value is -2.21. The minimum Gasteiger partial charge on any atom is -0.393 e. The van der Waals surface area contributed by atoms with Crippen LogP contribution in [0, 0.1) is 28.6 Å². The molecule has 5 rings (SSSR count). The predicted molar refractivity (Wildman–Crippen MR) is 127 cm³/mol. The fourth-order valence-corrected chi connectivity index (χ4v) is 7.54. The highest BCUT2D eigenvalue weighted by Crippen LogP contribution is 2.65. The topological polar surface area (TPSA) is 83.8 Å². The number of carbonyl (C=O) groups excluding carboxylic acids is 1. The zero-order valence-corrected chi connectivity index (χ0v) is 19.9. The van der Waals surface area contributed by atoms with Gasteiger partial charge in [-0.15, -0.1) is 0 Å². The van der Waals surface area contributed by atoms with Crippen molar-refractivity contribution in [2.45, 2.75) is 77.9 Å². The molecule has 0 radical (unpaired) electrons. The van der Waals surface area contributed by atoms with E-state index in [1.165, 1.54) is 24.8 Å². The number of oxime groups is 1. The predicted octanol–water partition coefficient (Wildman–Crippen LogP) is 4.39. The number of fused-ring (bicyclic) bond motifs is 5. The first-order chi connectivity index (χ1) is 15.9. The zero-order chi connectivity index (χ0) is 23.1. The molecule has 3 fully saturated rings. The molecule has 0 aliphatic heterocycles. The maximum Gasteiger partial charge on any atom is 0.261 e. The van der Waals surface area contributed by atoms with E-state index in [9.17, 15) is 9.90 Å². The van der Waals surface area contributed by atoms with E-state index in [2.05, 4.69) is 35.4 Å². The van der Waals surface area contributed by atoms with E-state index in [0.29, 0.717) is 18.4 Å². The van der Waals surface area contributed by atoms with Gasteiger partial charge in [0, 0.05) is 18.9 Å². The third-order valence-electron chi connectivity index (χ3n) is 9.52. The lowest BCUT2D eigenvalue weighted by Crippen LogP contribution is -2.51. The van der Waals surface area contributed by atoms with Crippen LogP contribution in [0.15, 0.2) is 41.3 Å². The van der Waals surface area contributed by atoms with Gasteiger partial charge in [0.2, 0.25) is 0 Å². The second-order valence-corrected chi connectivity index (χ2v) is 11.1. The fourth-order valence-electron chi connectivity index (χ4n) is 7.54. The standard InChI is InChI=1S/C27H37N3O3/c1-26-11-9-20(30-33-17-25(32)29-16-18-4-3-13-28-15-18)14-19(26)5-6-21-22-7-8-24(31)27(22,2)12-10-23(21)26/h3-4,13-15,21-24,31H,5-12,16-17H2,1-2H3,(H,29,32)/b30-20+/t21-,22+,23-,24-,26+,27+/m1/s1. The third-order valence-corrected chi connectivity index (χ3v) is 9.52. The Morgan fingerprint density at radius 1 is 1.21 bits per heavy atom. The molecule has 0 saturated heterocycles. The molecule has 178 valence electrons. The van der Waals surface area contributed by atoms with E-state index in [1.54, 1.807) is 12.4 Å². The molecule has 0 spiro atoms. The number of hydrogen-bond acceptors (Lipinski definition) is 5. The molecular weight excluding hydrogens is 414 g/mol. The summed E-state index contributed by atoms with van der Waals surface area (Å²) in [4.78, 5) is 21.5. The number of rotatable bonds is 5. The summed E-state index contributed by atoms with van der Waals surface area (Å²) in [5, 5.41) is 17.8. The van der Waals surface area contributed by atoms with Crippen LogP contribution >= 0.6 is 0 Å². The molecule has 0 bridgehead atoms. The number of nitrogens with one attached hydrogen (secondary N) is 1. The largest absolute Gasteiger partial charge is 0.393 e. The summed E-state index contributed by atoms with van der Waals surface area (Å²) in [6.07, 6.45) is 14.5. The van der Waals surface area contributed by atoms with Gasteiger partial charge in [-0.3, -0.25) is 9.78 Å². The van der Waals surface area contributed by atoms with Gasteiger partial charge >= 0.3 is 0 Å². The van der Waals surface area contributed by atoms with Crippen molar-refractivity contribution in [1.82, 2.24) is 10.3 Å². The first-order valence-electron chi connectivity index (χ1n) is 12.6. The van der Waals surface area contributed by atoms with Gasteiger partial charge in [-0.25, -0.2) is 0 Å². The van der Waals surface area contributed by atoms with E-state index in [0.717, 1.165) is 49.3 Å². The summed E-state index contributed by atoms with van der Waals surface area (Å²) in [6.45, 7) is 5.18. The van der Waals surface area contributed by atoms with Gasteiger partial charge in [-0.2, -0.15) is 0 Å². The Labute approximate surface area is 196 Å². The van der Waals surface area contributed by atoms with Crippen molar-refractivity contribution in [3.63, 3.8) is 0 Å². The molecule has 0 aromatic carbocycles. The lowest BCUT2D eigenvalue weighted by molar-refractivity contribution is -0.125. The minimum atomic E-state index is -0.180. The molecular formula is C27H37N3O3. The van der Waals surface area contributed by atoms with Gasteiger partial charge in [0.25, 0.3) is 5.91 Å². The molecule has 4 aliphatic carbocycles. The summed E-state index contributed by atoms with van der Waals surface area (Å²) in [7, 11) is 0. The normalized spacial score (nSPS) is 38.6. The molecule has 1 aromatic rings. The number of aliphatic hydroxyl groups is 1. The Morgan fingerprint density at radius 3 is 2.91 bits per heavy atom. The van der Waals surface area contributed by atoms with Crippen LogP contribution in [0.1, 0.15) is 70.8 Å². The van der Waals surface area contributed by atoms with Crippen LogP contribution in [-0.2, 0) is 16.2 Å². The molecule has 6 heteroatoms. The number of hydrogen-bond donors (Lipinski definition) is 2. The smallest absolute Gasteiger partial charge is 0.261 e. The van der Waals surface area contributed by atoms with Crippen molar-refractivity contribution in [2.75, 3.05) is 6.61 Å². The van der Waals surface area contributed by atoms with Gasteiger partial charge in [0.15, 0.2) is 6.61 Å². The molecule has 1 amide bonds. The van der Waals surface area contributed by atoms with Crippen molar-refractivity contribution in [3.8, 4) is 0 Å². The lowest BCUT2D eigenvalue weighted by atomic mass is 9.47. The quantitative estimate of drug-likeness (QED) is 0.650. The van der Waals surface area contributed by atoms with E-state index in [-0.39, 0.29) is 29.4 Å². The monoisotopic (exact) mass is 451 g/mol. The first-order valence-corrected chi connectivity index (χ1v) is 12.6. The highest BCUT2D eigenvalue weighted by atomic mass is 16.6. The SMILES string of the molecule is C[C@]12CC[C@@H]3[C@H](CCC4=C/C(=N/OCC(=O)NCc5cccnc5)CC[C@@]43C)[C@@H]1CC[C@H]2O. The molecule has 4 aliphatic rings. The highest BCUT2D eigenvalue weighted by molar-refractivity contribution is 5.96. The number of aliphatic hydroxyl groups excluding tert-OH is 1. The molecule has 0 unspecified atom stereocenters. The van der Waals surface area contributed by atoms with Gasteiger partial charge < -0.3 is 15.3 Å². The van der Waals surface area contributed by atoms with Crippen molar-refractivity contribution in [2.24, 2.45) is 33.7 Å². The molecule has 6 nitrogen and oxygen atoms in total. The maximum atomic E-state index is 12.1. The van der Waals surface area contributed by atoms with Gasteiger partial charge in [0.1, 0.15) is 0 Å². The molecule has 1 heterocycles. The Bertz CT molecular complexity index is 945. The average molecular weight is 452 g/mol. The van der Waals surface area contributed by atoms with Crippen LogP contribution in [0.25, 0.3) is 0 Å². The molecule has 6 atom stereocenters. The molecule has 2 N–H and O–H groups in total. The van der Waals surface area contributed by atoms with Crippen LogP contribution < -0.4 is 5.32 Å². The van der Waals surface area contributed by atoms with Gasteiger partial charge in [-0.05, 0) is 97.7 Å². The van der Waals surface area contributed by atoms with Crippen molar-refractivity contribution < 1.29 is 14.7 Å². The second kappa shape index (κ2) is 8.86. The molecule has 1 aromatic heterocycles. The maximum absolute atomic E-state index is 12.1. The van der Waals surface area contributed by atoms with E-state index in [4.69, 9.17) is 4.84 Å². The number of pyridine rings is 1. The average Bonchev–Trinajstić information content (AvgIpc) is 3.13. The Balaban J connectivity index is 1.19. The molecule has 33 heavy (non-hydrogen) atoms.